The fourth-order valence-corrected chi connectivity index (χ4v) is 2.75. The molecule has 0 saturated carbocycles. The van der Waals surface area contributed by atoms with Crippen LogP contribution in [0.2, 0.25) is 0 Å². The average molecular weight is 356 g/mol. The first kappa shape index (κ1) is 20.3. The van der Waals surface area contributed by atoms with Crippen LogP contribution >= 0.6 is 12.4 Å². The number of hydrogen-bond donors (Lipinski definition) is 2. The Kier molecular flexibility index (Phi) is 8.57. The molecular formula is C17H26ClN3O3. The molecule has 1 aliphatic rings. The van der Waals surface area contributed by atoms with Gasteiger partial charge in [-0.15, -0.1) is 12.4 Å². The Morgan fingerprint density at radius 1 is 1.33 bits per heavy atom. The fourth-order valence-electron chi connectivity index (χ4n) is 2.75. The first-order valence-electron chi connectivity index (χ1n) is 8.07. The van der Waals surface area contributed by atoms with Crippen molar-refractivity contribution in [2.24, 2.45) is 5.92 Å². The molecule has 2 N–H and O–H groups in total. The van der Waals surface area contributed by atoms with Gasteiger partial charge in [-0.1, -0.05) is 6.07 Å². The molecule has 24 heavy (non-hydrogen) atoms. The number of hydrogen-bond acceptors (Lipinski definition) is 4. The molecule has 0 radical (unpaired) electrons. The van der Waals surface area contributed by atoms with E-state index in [-0.39, 0.29) is 36.7 Å². The summed E-state index contributed by atoms with van der Waals surface area (Å²) < 4.78 is 5.13. The summed E-state index contributed by atoms with van der Waals surface area (Å²) in [6, 6.07) is 7.18. The predicted molar refractivity (Wildman–Crippen MR) is 96.7 cm³/mol. The van der Waals surface area contributed by atoms with E-state index in [1.165, 1.54) is 0 Å². The van der Waals surface area contributed by atoms with Crippen molar-refractivity contribution in [2.45, 2.75) is 19.8 Å². The van der Waals surface area contributed by atoms with E-state index in [9.17, 15) is 9.59 Å². The number of benzene rings is 1. The van der Waals surface area contributed by atoms with Crippen molar-refractivity contribution < 1.29 is 14.3 Å². The number of amides is 2. The standard InChI is InChI=1S/C17H25N3O3.ClH/c1-3-20(17(22)13-7-9-18-10-8-13)12-16(21)19-14-5-4-6-15(11-14)23-2;/h4-6,11,13,18H,3,7-10,12H2,1-2H3,(H,19,21);1H. The summed E-state index contributed by atoms with van der Waals surface area (Å²) in [5, 5.41) is 6.06. The summed E-state index contributed by atoms with van der Waals surface area (Å²) in [7, 11) is 1.58. The second-order valence-electron chi connectivity index (χ2n) is 5.66. The number of methoxy groups -OCH3 is 1. The van der Waals surface area contributed by atoms with Crippen molar-refractivity contribution in [3.63, 3.8) is 0 Å². The molecule has 1 fully saturated rings. The van der Waals surface area contributed by atoms with Gasteiger partial charge in [-0.3, -0.25) is 9.59 Å². The molecule has 1 aromatic carbocycles. The zero-order valence-electron chi connectivity index (χ0n) is 14.2. The normalized spacial score (nSPS) is 14.4. The van der Waals surface area contributed by atoms with Gasteiger partial charge >= 0.3 is 0 Å². The maximum absolute atomic E-state index is 12.5. The van der Waals surface area contributed by atoms with E-state index in [4.69, 9.17) is 4.74 Å². The summed E-state index contributed by atoms with van der Waals surface area (Å²) in [5.41, 5.74) is 0.666. The number of nitrogens with zero attached hydrogens (tertiary/aromatic N) is 1. The van der Waals surface area contributed by atoms with Crippen molar-refractivity contribution in [3.05, 3.63) is 24.3 Å². The van der Waals surface area contributed by atoms with Gasteiger partial charge < -0.3 is 20.3 Å². The van der Waals surface area contributed by atoms with Crippen LogP contribution in [0.25, 0.3) is 0 Å². The van der Waals surface area contributed by atoms with E-state index in [1.54, 1.807) is 24.1 Å². The van der Waals surface area contributed by atoms with Gasteiger partial charge in [0, 0.05) is 24.2 Å². The number of carbonyl (C=O) groups excluding carboxylic acids is 2. The molecule has 1 aliphatic heterocycles. The monoisotopic (exact) mass is 355 g/mol. The zero-order valence-corrected chi connectivity index (χ0v) is 15.0. The third kappa shape index (κ3) is 5.69. The molecular weight excluding hydrogens is 330 g/mol. The van der Waals surface area contributed by atoms with Gasteiger partial charge in [0.05, 0.1) is 13.7 Å². The second kappa shape index (κ2) is 10.2. The number of likely N-dealkylation sites (N-methyl/N-ethyl adjacent to an activating group) is 1. The van der Waals surface area contributed by atoms with Gasteiger partial charge in [0.25, 0.3) is 0 Å². The minimum atomic E-state index is -0.192. The van der Waals surface area contributed by atoms with Crippen molar-refractivity contribution in [1.82, 2.24) is 10.2 Å². The number of carbonyl (C=O) groups is 2. The Labute approximate surface area is 149 Å². The molecule has 0 aliphatic carbocycles. The molecule has 134 valence electrons. The Morgan fingerprint density at radius 2 is 2.04 bits per heavy atom. The van der Waals surface area contributed by atoms with Crippen molar-refractivity contribution in [1.29, 1.82) is 0 Å². The third-order valence-corrected chi connectivity index (χ3v) is 4.07. The SMILES string of the molecule is CCN(CC(=O)Nc1cccc(OC)c1)C(=O)C1CCNCC1.Cl. The smallest absolute Gasteiger partial charge is 0.243 e. The second-order valence-corrected chi connectivity index (χ2v) is 5.66. The molecule has 2 rings (SSSR count). The highest BCUT2D eigenvalue weighted by atomic mass is 35.5. The van der Waals surface area contributed by atoms with Crippen LogP contribution in [-0.2, 0) is 9.59 Å². The largest absolute Gasteiger partial charge is 0.497 e. The summed E-state index contributed by atoms with van der Waals surface area (Å²) >= 11 is 0. The topological polar surface area (TPSA) is 70.7 Å². The van der Waals surface area contributed by atoms with Crippen LogP contribution < -0.4 is 15.4 Å². The average Bonchev–Trinajstić information content (AvgIpc) is 2.60. The van der Waals surface area contributed by atoms with E-state index in [2.05, 4.69) is 10.6 Å². The predicted octanol–water partition coefficient (Wildman–Crippen LogP) is 1.90. The number of ether oxygens (including phenoxy) is 1. The quantitative estimate of drug-likeness (QED) is 0.817. The van der Waals surface area contributed by atoms with E-state index >= 15 is 0 Å². The van der Waals surface area contributed by atoms with E-state index in [0.29, 0.717) is 18.0 Å². The number of rotatable bonds is 6. The molecule has 6 nitrogen and oxygen atoms in total. The van der Waals surface area contributed by atoms with Gasteiger partial charge in [-0.25, -0.2) is 0 Å². The van der Waals surface area contributed by atoms with Crippen LogP contribution in [-0.4, -0.2) is 50.0 Å². The minimum absolute atomic E-state index is 0. The van der Waals surface area contributed by atoms with Crippen LogP contribution in [0.4, 0.5) is 5.69 Å². The van der Waals surface area contributed by atoms with Crippen LogP contribution in [0, 0.1) is 5.92 Å². The van der Waals surface area contributed by atoms with Crippen molar-refractivity contribution in [3.8, 4) is 5.75 Å². The molecule has 0 atom stereocenters. The van der Waals surface area contributed by atoms with Crippen molar-refractivity contribution in [2.75, 3.05) is 38.6 Å². The Morgan fingerprint density at radius 3 is 2.67 bits per heavy atom. The highest BCUT2D eigenvalue weighted by Gasteiger charge is 2.26. The molecule has 2 amide bonds. The van der Waals surface area contributed by atoms with Crippen LogP contribution in [0.15, 0.2) is 24.3 Å². The molecule has 0 unspecified atom stereocenters. The summed E-state index contributed by atoms with van der Waals surface area (Å²) in [6.45, 7) is 4.25. The minimum Gasteiger partial charge on any atom is -0.497 e. The zero-order chi connectivity index (χ0) is 16.7. The van der Waals surface area contributed by atoms with Gasteiger partial charge in [0.1, 0.15) is 5.75 Å². The van der Waals surface area contributed by atoms with Crippen LogP contribution in [0.5, 0.6) is 5.75 Å². The lowest BCUT2D eigenvalue weighted by atomic mass is 9.96. The van der Waals surface area contributed by atoms with Crippen LogP contribution in [0.1, 0.15) is 19.8 Å². The summed E-state index contributed by atoms with van der Waals surface area (Å²) in [4.78, 5) is 26.4. The lowest BCUT2D eigenvalue weighted by Gasteiger charge is -2.28. The van der Waals surface area contributed by atoms with Gasteiger partial charge in [0.15, 0.2) is 0 Å². The highest BCUT2D eigenvalue weighted by molar-refractivity contribution is 5.95. The van der Waals surface area contributed by atoms with Gasteiger partial charge in [0.2, 0.25) is 11.8 Å². The molecule has 1 heterocycles. The van der Waals surface area contributed by atoms with Crippen LogP contribution in [0.3, 0.4) is 0 Å². The highest BCUT2D eigenvalue weighted by Crippen LogP contribution is 2.17. The molecule has 0 aromatic heterocycles. The third-order valence-electron chi connectivity index (χ3n) is 4.07. The van der Waals surface area contributed by atoms with E-state index in [1.807, 2.05) is 19.1 Å². The van der Waals surface area contributed by atoms with E-state index < -0.39 is 0 Å². The lowest BCUT2D eigenvalue weighted by molar-refractivity contribution is -0.138. The first-order valence-corrected chi connectivity index (χ1v) is 8.07. The van der Waals surface area contributed by atoms with Crippen molar-refractivity contribution >= 4 is 29.9 Å². The summed E-state index contributed by atoms with van der Waals surface area (Å²) in [6.07, 6.45) is 1.68. The number of piperidine rings is 1. The lowest BCUT2D eigenvalue weighted by Crippen LogP contribution is -2.44. The van der Waals surface area contributed by atoms with Gasteiger partial charge in [-0.05, 0) is 45.0 Å². The van der Waals surface area contributed by atoms with E-state index in [0.717, 1.165) is 25.9 Å². The first-order chi connectivity index (χ1) is 11.1. The molecule has 1 saturated heterocycles. The van der Waals surface area contributed by atoms with Gasteiger partial charge in [-0.2, -0.15) is 0 Å². The maximum Gasteiger partial charge on any atom is 0.243 e. The molecule has 1 aromatic rings. The molecule has 7 heteroatoms. The fraction of sp³-hybridized carbons (Fsp3) is 0.529. The molecule has 0 bridgehead atoms. The molecule has 0 spiro atoms. The summed E-state index contributed by atoms with van der Waals surface area (Å²) in [5.74, 6) is 0.596. The maximum atomic E-state index is 12.5. The number of halogens is 1. The number of nitrogens with one attached hydrogen (secondary N) is 2. The number of anilines is 1. The Hall–Kier alpha value is -1.79. The Balaban J connectivity index is 0.00000288. The Bertz CT molecular complexity index is 548.